The molecule has 0 amide bonds. The molecule has 1 N–H and O–H groups in total. The van der Waals surface area contributed by atoms with Gasteiger partial charge in [0.05, 0.1) is 11.0 Å². The summed E-state index contributed by atoms with van der Waals surface area (Å²) < 4.78 is 24.7. The van der Waals surface area contributed by atoms with Crippen molar-refractivity contribution in [3.63, 3.8) is 0 Å². The van der Waals surface area contributed by atoms with Gasteiger partial charge in [0.2, 0.25) is 0 Å². The summed E-state index contributed by atoms with van der Waals surface area (Å²) in [5.74, 6) is 0.305. The summed E-state index contributed by atoms with van der Waals surface area (Å²) in [6.45, 7) is 4.69. The largest absolute Gasteiger partial charge is 0.309 e. The fourth-order valence-corrected chi connectivity index (χ4v) is 5.13. The van der Waals surface area contributed by atoms with Crippen LogP contribution in [0.25, 0.3) is 0 Å². The summed E-state index contributed by atoms with van der Waals surface area (Å²) in [6.07, 6.45) is 2.49. The smallest absolute Gasteiger partial charge is 0.155 e. The lowest BCUT2D eigenvalue weighted by atomic mass is 9.98. The molecule has 1 aromatic carbocycles. The lowest BCUT2D eigenvalue weighted by Crippen LogP contribution is -2.40. The number of hydrogen-bond acceptors (Lipinski definition) is 3. The summed E-state index contributed by atoms with van der Waals surface area (Å²) in [4.78, 5) is 0. The summed E-state index contributed by atoms with van der Waals surface area (Å²) in [7, 11) is -3.02. The third-order valence-corrected chi connectivity index (χ3v) is 6.67. The van der Waals surface area contributed by atoms with Gasteiger partial charge in [0, 0.05) is 11.1 Å². The van der Waals surface area contributed by atoms with E-state index in [1.165, 1.54) is 0 Å². The molecular formula is C15H22ClNO2S. The van der Waals surface area contributed by atoms with Gasteiger partial charge in [0.25, 0.3) is 0 Å². The molecule has 0 radical (unpaired) electrons. The minimum atomic E-state index is -3.02. The van der Waals surface area contributed by atoms with Crippen molar-refractivity contribution in [2.24, 2.45) is 0 Å². The Morgan fingerprint density at radius 1 is 1.40 bits per heavy atom. The SMILES string of the molecule is CCNC(c1ccc(C)c(Cl)c1)C1CCCCS1(=O)=O. The second-order valence-corrected chi connectivity index (χ2v) is 8.19. The number of halogens is 1. The standard InChI is InChI=1S/C15H22ClNO2S/c1-3-17-15(12-8-7-11(2)13(16)10-12)14-6-4-5-9-20(14,18)19/h7-8,10,14-15,17H,3-6,9H2,1-2H3. The topological polar surface area (TPSA) is 46.2 Å². The molecule has 20 heavy (non-hydrogen) atoms. The molecule has 2 unspecified atom stereocenters. The zero-order valence-electron chi connectivity index (χ0n) is 12.0. The molecule has 1 aliphatic rings. The first-order chi connectivity index (χ1) is 9.45. The van der Waals surface area contributed by atoms with Gasteiger partial charge in [-0.25, -0.2) is 8.42 Å². The molecule has 0 spiro atoms. The Labute approximate surface area is 126 Å². The first-order valence-corrected chi connectivity index (χ1v) is 9.26. The van der Waals surface area contributed by atoms with Gasteiger partial charge < -0.3 is 5.32 Å². The van der Waals surface area contributed by atoms with Crippen molar-refractivity contribution in [3.05, 3.63) is 34.3 Å². The van der Waals surface area contributed by atoms with Crippen molar-refractivity contribution >= 4 is 21.4 Å². The predicted molar refractivity (Wildman–Crippen MR) is 84.0 cm³/mol. The van der Waals surface area contributed by atoms with E-state index in [9.17, 15) is 8.42 Å². The van der Waals surface area contributed by atoms with E-state index in [-0.39, 0.29) is 11.3 Å². The van der Waals surface area contributed by atoms with E-state index >= 15 is 0 Å². The Hall–Kier alpha value is -0.580. The van der Waals surface area contributed by atoms with Gasteiger partial charge in [-0.1, -0.05) is 37.1 Å². The Balaban J connectivity index is 2.37. The maximum atomic E-state index is 12.4. The van der Waals surface area contributed by atoms with Crippen molar-refractivity contribution in [2.45, 2.75) is 44.4 Å². The number of hydrogen-bond donors (Lipinski definition) is 1. The van der Waals surface area contributed by atoms with Crippen molar-refractivity contribution in [2.75, 3.05) is 12.3 Å². The van der Waals surface area contributed by atoms with Crippen LogP contribution in [0.2, 0.25) is 5.02 Å². The molecule has 0 saturated carbocycles. The van der Waals surface area contributed by atoms with Crippen molar-refractivity contribution in [1.29, 1.82) is 0 Å². The van der Waals surface area contributed by atoms with Crippen molar-refractivity contribution in [3.8, 4) is 0 Å². The van der Waals surface area contributed by atoms with Crippen molar-refractivity contribution < 1.29 is 8.42 Å². The van der Waals surface area contributed by atoms with Crippen LogP contribution in [-0.2, 0) is 9.84 Å². The molecule has 1 fully saturated rings. The van der Waals surface area contributed by atoms with Crippen LogP contribution in [-0.4, -0.2) is 26.0 Å². The third kappa shape index (κ3) is 3.35. The molecule has 3 nitrogen and oxygen atoms in total. The highest BCUT2D eigenvalue weighted by Gasteiger charge is 2.36. The molecule has 2 atom stereocenters. The van der Waals surface area contributed by atoms with Gasteiger partial charge in [-0.05, 0) is 43.5 Å². The Bertz CT molecular complexity index is 571. The average Bonchev–Trinajstić information content (AvgIpc) is 2.40. The number of rotatable bonds is 4. The molecule has 112 valence electrons. The predicted octanol–water partition coefficient (Wildman–Crippen LogP) is 3.27. The zero-order chi connectivity index (χ0) is 14.8. The van der Waals surface area contributed by atoms with Gasteiger partial charge in [-0.3, -0.25) is 0 Å². The Morgan fingerprint density at radius 3 is 2.75 bits per heavy atom. The van der Waals surface area contributed by atoms with E-state index in [4.69, 9.17) is 11.6 Å². The molecular weight excluding hydrogens is 294 g/mol. The van der Waals surface area contributed by atoms with Crippen LogP contribution in [0.4, 0.5) is 0 Å². The van der Waals surface area contributed by atoms with Gasteiger partial charge in [-0.2, -0.15) is 0 Å². The third-order valence-electron chi connectivity index (χ3n) is 3.98. The summed E-state index contributed by atoms with van der Waals surface area (Å²) >= 11 is 6.19. The minimum Gasteiger partial charge on any atom is -0.309 e. The highest BCUT2D eigenvalue weighted by molar-refractivity contribution is 7.92. The van der Waals surface area contributed by atoms with Gasteiger partial charge in [0.15, 0.2) is 9.84 Å². The highest BCUT2D eigenvalue weighted by atomic mass is 35.5. The monoisotopic (exact) mass is 315 g/mol. The number of aryl methyl sites for hydroxylation is 1. The van der Waals surface area contributed by atoms with Crippen LogP contribution < -0.4 is 5.32 Å². The summed E-state index contributed by atoms with van der Waals surface area (Å²) in [6, 6.07) is 5.67. The van der Waals surface area contributed by atoms with E-state index in [1.54, 1.807) is 0 Å². The van der Waals surface area contributed by atoms with E-state index in [0.29, 0.717) is 10.8 Å². The zero-order valence-corrected chi connectivity index (χ0v) is 13.6. The number of sulfone groups is 1. The molecule has 1 saturated heterocycles. The molecule has 1 heterocycles. The molecule has 1 aliphatic heterocycles. The fraction of sp³-hybridized carbons (Fsp3) is 0.600. The normalized spacial score (nSPS) is 23.4. The first-order valence-electron chi connectivity index (χ1n) is 7.16. The second kappa shape index (κ2) is 6.46. The second-order valence-electron chi connectivity index (χ2n) is 5.45. The molecule has 1 aromatic rings. The van der Waals surface area contributed by atoms with E-state index in [2.05, 4.69) is 5.32 Å². The minimum absolute atomic E-state index is 0.164. The van der Waals surface area contributed by atoms with Gasteiger partial charge >= 0.3 is 0 Å². The van der Waals surface area contributed by atoms with E-state index in [0.717, 1.165) is 36.9 Å². The lowest BCUT2D eigenvalue weighted by molar-refractivity contribution is 0.454. The fourth-order valence-electron chi connectivity index (χ4n) is 2.84. The first kappa shape index (κ1) is 15.8. The summed E-state index contributed by atoms with van der Waals surface area (Å²) in [5, 5.41) is 3.69. The van der Waals surface area contributed by atoms with E-state index < -0.39 is 9.84 Å². The van der Waals surface area contributed by atoms with Crippen LogP contribution in [0.1, 0.15) is 43.4 Å². The number of nitrogens with one attached hydrogen (secondary N) is 1. The van der Waals surface area contributed by atoms with E-state index in [1.807, 2.05) is 32.0 Å². The quantitative estimate of drug-likeness (QED) is 0.927. The van der Waals surface area contributed by atoms with Crippen LogP contribution >= 0.6 is 11.6 Å². The van der Waals surface area contributed by atoms with Crippen molar-refractivity contribution in [1.82, 2.24) is 5.32 Å². The van der Waals surface area contributed by atoms with Crippen LogP contribution in [0.15, 0.2) is 18.2 Å². The average molecular weight is 316 g/mol. The maximum absolute atomic E-state index is 12.4. The van der Waals surface area contributed by atoms with Crippen LogP contribution in [0.5, 0.6) is 0 Å². The van der Waals surface area contributed by atoms with Gasteiger partial charge in [-0.15, -0.1) is 0 Å². The number of benzene rings is 1. The maximum Gasteiger partial charge on any atom is 0.155 e. The molecule has 2 rings (SSSR count). The van der Waals surface area contributed by atoms with Crippen LogP contribution in [0, 0.1) is 6.92 Å². The summed E-state index contributed by atoms with van der Waals surface area (Å²) in [5.41, 5.74) is 1.98. The van der Waals surface area contributed by atoms with Gasteiger partial charge in [0.1, 0.15) is 0 Å². The molecule has 0 bridgehead atoms. The van der Waals surface area contributed by atoms with Crippen LogP contribution in [0.3, 0.4) is 0 Å². The Morgan fingerprint density at radius 2 is 2.15 bits per heavy atom. The molecule has 0 aliphatic carbocycles. The molecule has 5 heteroatoms. The molecule has 0 aromatic heterocycles. The highest BCUT2D eigenvalue weighted by Crippen LogP contribution is 2.32. The lowest BCUT2D eigenvalue weighted by Gasteiger charge is -2.31. The Kier molecular flexibility index (Phi) is 5.10.